The van der Waals surface area contributed by atoms with Gasteiger partial charge in [-0.3, -0.25) is 4.79 Å². The first kappa shape index (κ1) is 22.8. The average molecular weight is 462 g/mol. The quantitative estimate of drug-likeness (QED) is 0.706. The standard InChI is InChI=1S/C21H23N3O5S2/c1-3-29-21(26)24-10-8-16-17(12-22)20(30-18(16)13-24)23-19(25)9-11-31(27,28)15-6-4-14(2)5-7-15/h4-7H,3,8-11,13H2,1-2H3,(H,23,25). The maximum Gasteiger partial charge on any atom is 0.410 e. The van der Waals surface area contributed by atoms with Gasteiger partial charge in [0, 0.05) is 17.8 Å². The van der Waals surface area contributed by atoms with Gasteiger partial charge in [-0.15, -0.1) is 11.3 Å². The monoisotopic (exact) mass is 461 g/mol. The van der Waals surface area contributed by atoms with Gasteiger partial charge in [-0.1, -0.05) is 17.7 Å². The SMILES string of the molecule is CCOC(=O)N1CCc2c(sc(NC(=O)CCS(=O)(=O)c3ccc(C)cc3)c2C#N)C1. The highest BCUT2D eigenvalue weighted by Gasteiger charge is 2.28. The summed E-state index contributed by atoms with van der Waals surface area (Å²) in [6, 6.07) is 8.60. The maximum atomic E-state index is 12.5. The molecule has 1 aliphatic heterocycles. The van der Waals surface area contributed by atoms with Crippen molar-refractivity contribution < 1.29 is 22.7 Å². The highest BCUT2D eigenvalue weighted by atomic mass is 32.2. The molecule has 0 unspecified atom stereocenters. The second kappa shape index (κ2) is 9.49. The molecule has 1 aliphatic rings. The number of thiophene rings is 1. The van der Waals surface area contributed by atoms with Gasteiger partial charge < -0.3 is 15.0 Å². The molecule has 3 rings (SSSR count). The summed E-state index contributed by atoms with van der Waals surface area (Å²) in [6.45, 7) is 4.62. The number of nitrogens with one attached hydrogen (secondary N) is 1. The number of sulfone groups is 1. The Morgan fingerprint density at radius 2 is 2.00 bits per heavy atom. The van der Waals surface area contributed by atoms with Crippen LogP contribution in [0.3, 0.4) is 0 Å². The van der Waals surface area contributed by atoms with Gasteiger partial charge in [-0.25, -0.2) is 13.2 Å². The van der Waals surface area contributed by atoms with E-state index in [1.165, 1.54) is 23.5 Å². The van der Waals surface area contributed by atoms with Crippen LogP contribution in [0.4, 0.5) is 9.80 Å². The lowest BCUT2D eigenvalue weighted by Crippen LogP contribution is -2.35. The largest absolute Gasteiger partial charge is 0.450 e. The molecule has 0 saturated carbocycles. The summed E-state index contributed by atoms with van der Waals surface area (Å²) in [6.07, 6.45) is -0.143. The normalized spacial score (nSPS) is 13.3. The number of rotatable bonds is 6. The van der Waals surface area contributed by atoms with Gasteiger partial charge in [-0.2, -0.15) is 5.26 Å². The number of amides is 2. The lowest BCUT2D eigenvalue weighted by Gasteiger charge is -2.25. The molecule has 0 saturated heterocycles. The number of carbonyl (C=O) groups is 2. The minimum absolute atomic E-state index is 0.175. The lowest BCUT2D eigenvalue weighted by atomic mass is 10.0. The summed E-state index contributed by atoms with van der Waals surface area (Å²) < 4.78 is 29.9. The predicted molar refractivity (Wildman–Crippen MR) is 117 cm³/mol. The molecule has 0 spiro atoms. The van der Waals surface area contributed by atoms with Crippen molar-refractivity contribution in [2.75, 3.05) is 24.2 Å². The molecule has 1 aromatic heterocycles. The van der Waals surface area contributed by atoms with E-state index in [0.29, 0.717) is 30.1 Å². The van der Waals surface area contributed by atoms with E-state index in [9.17, 15) is 23.3 Å². The zero-order valence-corrected chi connectivity index (χ0v) is 18.9. The number of benzene rings is 1. The summed E-state index contributed by atoms with van der Waals surface area (Å²) in [5.74, 6) is -0.807. The molecule has 0 fully saturated rings. The van der Waals surface area contributed by atoms with Crippen LogP contribution in [-0.2, 0) is 32.3 Å². The highest BCUT2D eigenvalue weighted by Crippen LogP contribution is 2.36. The van der Waals surface area contributed by atoms with Crippen molar-refractivity contribution in [1.29, 1.82) is 5.26 Å². The Morgan fingerprint density at radius 1 is 1.29 bits per heavy atom. The van der Waals surface area contributed by atoms with E-state index in [-0.39, 0.29) is 23.7 Å². The molecule has 0 aliphatic carbocycles. The molecule has 2 amide bonds. The summed E-state index contributed by atoms with van der Waals surface area (Å²) in [4.78, 5) is 27.0. The molecule has 8 nitrogen and oxygen atoms in total. The predicted octanol–water partition coefficient (Wildman–Crippen LogP) is 3.25. The Morgan fingerprint density at radius 3 is 2.65 bits per heavy atom. The van der Waals surface area contributed by atoms with E-state index < -0.39 is 21.8 Å². The first-order valence-corrected chi connectivity index (χ1v) is 12.3. The number of carbonyl (C=O) groups excluding carboxylic acids is 2. The number of anilines is 1. The Labute approximate surface area is 185 Å². The summed E-state index contributed by atoms with van der Waals surface area (Å²) in [5, 5.41) is 12.6. The zero-order valence-electron chi connectivity index (χ0n) is 17.3. The van der Waals surface area contributed by atoms with Crippen LogP contribution in [0.5, 0.6) is 0 Å². The fourth-order valence-electron chi connectivity index (χ4n) is 3.26. The molecule has 0 bridgehead atoms. The van der Waals surface area contributed by atoms with Crippen molar-refractivity contribution >= 4 is 38.2 Å². The fraction of sp³-hybridized carbons (Fsp3) is 0.381. The summed E-state index contributed by atoms with van der Waals surface area (Å²) in [7, 11) is -3.59. The third kappa shape index (κ3) is 5.24. The molecule has 1 aromatic carbocycles. The Bertz CT molecular complexity index is 1130. The number of hydrogen-bond donors (Lipinski definition) is 1. The average Bonchev–Trinajstić information content (AvgIpc) is 3.08. The smallest absolute Gasteiger partial charge is 0.410 e. The van der Waals surface area contributed by atoms with Gasteiger partial charge in [0.05, 0.1) is 29.4 Å². The topological polar surface area (TPSA) is 117 Å². The van der Waals surface area contributed by atoms with Crippen molar-refractivity contribution in [2.24, 2.45) is 0 Å². The van der Waals surface area contributed by atoms with Crippen LogP contribution in [0.15, 0.2) is 29.2 Å². The van der Waals surface area contributed by atoms with Gasteiger partial charge in [0.15, 0.2) is 9.84 Å². The van der Waals surface area contributed by atoms with Crippen LogP contribution in [0.2, 0.25) is 0 Å². The first-order valence-electron chi connectivity index (χ1n) is 9.80. The molecule has 31 heavy (non-hydrogen) atoms. The zero-order chi connectivity index (χ0) is 22.6. The molecular formula is C21H23N3O5S2. The highest BCUT2D eigenvalue weighted by molar-refractivity contribution is 7.91. The molecular weight excluding hydrogens is 438 g/mol. The first-order chi connectivity index (χ1) is 14.7. The van der Waals surface area contributed by atoms with Crippen molar-refractivity contribution in [3.63, 3.8) is 0 Å². The Kier molecular flexibility index (Phi) is 6.97. The minimum atomic E-state index is -3.59. The molecule has 164 valence electrons. The molecule has 1 N–H and O–H groups in total. The van der Waals surface area contributed by atoms with Crippen LogP contribution in [-0.4, -0.2) is 44.2 Å². The Hall–Kier alpha value is -2.90. The van der Waals surface area contributed by atoms with Gasteiger partial charge in [0.25, 0.3) is 0 Å². The van der Waals surface area contributed by atoms with Crippen LogP contribution in [0, 0.1) is 18.3 Å². The van der Waals surface area contributed by atoms with E-state index >= 15 is 0 Å². The molecule has 2 aromatic rings. The van der Waals surface area contributed by atoms with Crippen molar-refractivity contribution in [3.05, 3.63) is 45.8 Å². The van der Waals surface area contributed by atoms with Crippen LogP contribution >= 0.6 is 11.3 Å². The lowest BCUT2D eigenvalue weighted by molar-refractivity contribution is -0.115. The second-order valence-electron chi connectivity index (χ2n) is 7.12. The van der Waals surface area contributed by atoms with Gasteiger partial charge in [0.2, 0.25) is 5.91 Å². The second-order valence-corrected chi connectivity index (χ2v) is 10.3. The molecule has 0 radical (unpaired) electrons. The third-order valence-corrected chi connectivity index (χ3v) is 7.79. The molecule has 2 heterocycles. The number of ether oxygens (including phenoxy) is 1. The van der Waals surface area contributed by atoms with Crippen LogP contribution in [0.25, 0.3) is 0 Å². The maximum absolute atomic E-state index is 12.5. The van der Waals surface area contributed by atoms with Crippen molar-refractivity contribution in [1.82, 2.24) is 4.90 Å². The Balaban J connectivity index is 1.67. The number of nitriles is 1. The van der Waals surface area contributed by atoms with E-state index in [4.69, 9.17) is 4.74 Å². The van der Waals surface area contributed by atoms with Gasteiger partial charge >= 0.3 is 6.09 Å². The van der Waals surface area contributed by atoms with E-state index in [1.54, 1.807) is 24.0 Å². The van der Waals surface area contributed by atoms with Crippen molar-refractivity contribution in [2.45, 2.75) is 38.1 Å². The fourth-order valence-corrected chi connectivity index (χ4v) is 5.73. The number of aryl methyl sites for hydroxylation is 1. The number of hydrogen-bond acceptors (Lipinski definition) is 7. The minimum Gasteiger partial charge on any atom is -0.450 e. The number of nitrogens with zero attached hydrogens (tertiary/aromatic N) is 2. The van der Waals surface area contributed by atoms with E-state index in [0.717, 1.165) is 16.0 Å². The van der Waals surface area contributed by atoms with Gasteiger partial charge in [-0.05, 0) is 38.0 Å². The summed E-state index contributed by atoms with van der Waals surface area (Å²) in [5.41, 5.74) is 2.14. The molecule has 10 heteroatoms. The van der Waals surface area contributed by atoms with E-state index in [1.807, 2.05) is 6.92 Å². The van der Waals surface area contributed by atoms with Gasteiger partial charge in [0.1, 0.15) is 11.1 Å². The summed E-state index contributed by atoms with van der Waals surface area (Å²) >= 11 is 1.23. The van der Waals surface area contributed by atoms with E-state index in [2.05, 4.69) is 11.4 Å². The molecule has 0 atom stereocenters. The third-order valence-electron chi connectivity index (χ3n) is 4.93. The van der Waals surface area contributed by atoms with Crippen LogP contribution < -0.4 is 5.32 Å². The van der Waals surface area contributed by atoms with Crippen molar-refractivity contribution in [3.8, 4) is 6.07 Å². The number of fused-ring (bicyclic) bond motifs is 1. The van der Waals surface area contributed by atoms with Crippen LogP contribution in [0.1, 0.15) is 34.9 Å².